The van der Waals surface area contributed by atoms with E-state index in [2.05, 4.69) is 10.3 Å². The predicted molar refractivity (Wildman–Crippen MR) is 112 cm³/mol. The van der Waals surface area contributed by atoms with E-state index in [1.54, 1.807) is 41.8 Å². The van der Waals surface area contributed by atoms with E-state index in [-0.39, 0.29) is 17.5 Å². The number of anilines is 1. The topological polar surface area (TPSA) is 64.0 Å². The lowest BCUT2D eigenvalue weighted by Crippen LogP contribution is -2.28. The molecule has 1 aromatic heterocycles. The third-order valence-corrected chi connectivity index (χ3v) is 5.37. The molecule has 3 aromatic rings. The summed E-state index contributed by atoms with van der Waals surface area (Å²) in [5.74, 6) is -0.167. The van der Waals surface area contributed by atoms with Gasteiger partial charge < -0.3 is 5.32 Å². The molecule has 3 rings (SSSR count). The van der Waals surface area contributed by atoms with Crippen LogP contribution >= 0.6 is 23.4 Å². The fourth-order valence-corrected chi connectivity index (χ4v) is 3.82. The SMILES string of the molecule is CC(C)n1c(S[C@@H](C)C(=O)Nc2ccc(Cl)cc2)nc2ccccc2c1=O. The first-order valence-corrected chi connectivity index (χ1v) is 9.87. The summed E-state index contributed by atoms with van der Waals surface area (Å²) in [7, 11) is 0. The van der Waals surface area contributed by atoms with E-state index < -0.39 is 5.25 Å². The molecular formula is C20H20ClN3O2S. The zero-order valence-corrected chi connectivity index (χ0v) is 16.8. The molecule has 1 heterocycles. The summed E-state index contributed by atoms with van der Waals surface area (Å²) in [4.78, 5) is 30.0. The molecule has 0 bridgehead atoms. The highest BCUT2D eigenvalue weighted by atomic mass is 35.5. The quantitative estimate of drug-likeness (QED) is 0.495. The Labute approximate surface area is 166 Å². The lowest BCUT2D eigenvalue weighted by atomic mass is 10.2. The Kier molecular flexibility index (Phi) is 5.87. The monoisotopic (exact) mass is 401 g/mol. The number of hydrogen-bond donors (Lipinski definition) is 1. The van der Waals surface area contributed by atoms with E-state index in [0.717, 1.165) is 0 Å². The Morgan fingerprint density at radius 1 is 1.11 bits per heavy atom. The van der Waals surface area contributed by atoms with Crippen LogP contribution < -0.4 is 10.9 Å². The summed E-state index contributed by atoms with van der Waals surface area (Å²) in [5, 5.41) is 4.14. The number of para-hydroxylation sites is 1. The van der Waals surface area contributed by atoms with Crippen LogP contribution in [0.2, 0.25) is 5.02 Å². The largest absolute Gasteiger partial charge is 0.325 e. The van der Waals surface area contributed by atoms with Crippen LogP contribution in [0.25, 0.3) is 10.9 Å². The number of aromatic nitrogens is 2. The molecule has 0 saturated heterocycles. The van der Waals surface area contributed by atoms with Gasteiger partial charge in [0.25, 0.3) is 5.56 Å². The second-order valence-electron chi connectivity index (χ2n) is 6.44. The number of nitrogens with one attached hydrogen (secondary N) is 1. The fraction of sp³-hybridized carbons (Fsp3) is 0.250. The van der Waals surface area contributed by atoms with Gasteiger partial charge in [0, 0.05) is 16.8 Å². The molecule has 5 nitrogen and oxygen atoms in total. The number of benzene rings is 2. The first-order chi connectivity index (χ1) is 12.9. The Morgan fingerprint density at radius 3 is 2.44 bits per heavy atom. The molecule has 140 valence electrons. The minimum atomic E-state index is -0.432. The van der Waals surface area contributed by atoms with E-state index in [0.29, 0.717) is 26.8 Å². The summed E-state index contributed by atoms with van der Waals surface area (Å²) >= 11 is 7.14. The number of carbonyl (C=O) groups is 1. The van der Waals surface area contributed by atoms with E-state index in [9.17, 15) is 9.59 Å². The van der Waals surface area contributed by atoms with Gasteiger partial charge in [0.05, 0.1) is 16.2 Å². The van der Waals surface area contributed by atoms with Gasteiger partial charge in [-0.15, -0.1) is 0 Å². The number of rotatable bonds is 5. The van der Waals surface area contributed by atoms with Crippen LogP contribution in [-0.4, -0.2) is 20.7 Å². The lowest BCUT2D eigenvalue weighted by Gasteiger charge is -2.18. The minimum absolute atomic E-state index is 0.0661. The average molecular weight is 402 g/mol. The molecule has 0 spiro atoms. The molecule has 0 unspecified atom stereocenters. The van der Waals surface area contributed by atoms with Gasteiger partial charge in [0.2, 0.25) is 5.91 Å². The molecule has 7 heteroatoms. The van der Waals surface area contributed by atoms with E-state index >= 15 is 0 Å². The Bertz CT molecular complexity index is 1030. The maximum absolute atomic E-state index is 12.9. The first kappa shape index (κ1) is 19.5. The fourth-order valence-electron chi connectivity index (χ4n) is 2.65. The standard InChI is InChI=1S/C20H20ClN3O2S/c1-12(2)24-19(26)16-6-4-5-7-17(16)23-20(24)27-13(3)18(25)22-15-10-8-14(21)9-11-15/h4-13H,1-3H3,(H,22,25)/t13-/m0/s1. The third kappa shape index (κ3) is 4.34. The molecule has 0 aliphatic heterocycles. The molecule has 2 aromatic carbocycles. The van der Waals surface area contributed by atoms with Crippen molar-refractivity contribution in [1.29, 1.82) is 0 Å². The van der Waals surface area contributed by atoms with Gasteiger partial charge in [-0.3, -0.25) is 14.2 Å². The molecule has 1 amide bonds. The van der Waals surface area contributed by atoms with Gasteiger partial charge in [0.1, 0.15) is 0 Å². The van der Waals surface area contributed by atoms with Crippen molar-refractivity contribution in [2.75, 3.05) is 5.32 Å². The number of hydrogen-bond acceptors (Lipinski definition) is 4. The second-order valence-corrected chi connectivity index (χ2v) is 8.18. The van der Waals surface area contributed by atoms with Crippen molar-refractivity contribution in [1.82, 2.24) is 9.55 Å². The zero-order chi connectivity index (χ0) is 19.6. The maximum Gasteiger partial charge on any atom is 0.262 e. The van der Waals surface area contributed by atoms with Crippen molar-refractivity contribution < 1.29 is 4.79 Å². The Hall–Kier alpha value is -2.31. The van der Waals surface area contributed by atoms with E-state index in [1.165, 1.54) is 11.8 Å². The van der Waals surface area contributed by atoms with Gasteiger partial charge >= 0.3 is 0 Å². The smallest absolute Gasteiger partial charge is 0.262 e. The summed E-state index contributed by atoms with van der Waals surface area (Å²) < 4.78 is 1.64. The summed E-state index contributed by atoms with van der Waals surface area (Å²) in [6.45, 7) is 5.66. The molecule has 27 heavy (non-hydrogen) atoms. The number of thioether (sulfide) groups is 1. The van der Waals surface area contributed by atoms with Crippen LogP contribution in [0.5, 0.6) is 0 Å². The number of amides is 1. The molecule has 0 saturated carbocycles. The first-order valence-electron chi connectivity index (χ1n) is 8.61. The van der Waals surface area contributed by atoms with Crippen molar-refractivity contribution in [3.05, 3.63) is 63.9 Å². The summed E-state index contributed by atoms with van der Waals surface area (Å²) in [6, 6.07) is 14.1. The van der Waals surface area contributed by atoms with Crippen molar-refractivity contribution in [3.63, 3.8) is 0 Å². The highest BCUT2D eigenvalue weighted by Crippen LogP contribution is 2.25. The van der Waals surface area contributed by atoms with Crippen molar-refractivity contribution in [2.24, 2.45) is 0 Å². The van der Waals surface area contributed by atoms with Crippen molar-refractivity contribution in [2.45, 2.75) is 37.2 Å². The molecule has 0 fully saturated rings. The molecule has 0 aliphatic carbocycles. The Morgan fingerprint density at radius 2 is 1.78 bits per heavy atom. The lowest BCUT2D eigenvalue weighted by molar-refractivity contribution is -0.115. The third-order valence-electron chi connectivity index (χ3n) is 4.06. The molecule has 0 aliphatic rings. The van der Waals surface area contributed by atoms with Gasteiger partial charge in [-0.05, 0) is 57.2 Å². The zero-order valence-electron chi connectivity index (χ0n) is 15.3. The molecular weight excluding hydrogens is 382 g/mol. The molecule has 0 radical (unpaired) electrons. The van der Waals surface area contributed by atoms with E-state index in [1.807, 2.05) is 32.0 Å². The van der Waals surface area contributed by atoms with Crippen molar-refractivity contribution in [3.8, 4) is 0 Å². The second kappa shape index (κ2) is 8.15. The predicted octanol–water partition coefficient (Wildman–Crippen LogP) is 4.75. The maximum atomic E-state index is 12.9. The molecule has 1 atom stereocenters. The number of halogens is 1. The van der Waals surface area contributed by atoms with Crippen LogP contribution in [0.4, 0.5) is 5.69 Å². The molecule has 1 N–H and O–H groups in total. The minimum Gasteiger partial charge on any atom is -0.325 e. The highest BCUT2D eigenvalue weighted by molar-refractivity contribution is 8.00. The Balaban J connectivity index is 1.88. The normalized spacial score (nSPS) is 12.3. The van der Waals surface area contributed by atoms with Gasteiger partial charge in [-0.25, -0.2) is 4.98 Å². The van der Waals surface area contributed by atoms with Gasteiger partial charge in [0.15, 0.2) is 5.16 Å². The average Bonchev–Trinajstić information content (AvgIpc) is 2.63. The van der Waals surface area contributed by atoms with Gasteiger partial charge in [-0.2, -0.15) is 0 Å². The number of nitrogens with zero attached hydrogens (tertiary/aromatic N) is 2. The van der Waals surface area contributed by atoms with Crippen LogP contribution in [-0.2, 0) is 4.79 Å². The van der Waals surface area contributed by atoms with Crippen LogP contribution in [0.15, 0.2) is 58.5 Å². The number of fused-ring (bicyclic) bond motifs is 1. The summed E-state index contributed by atoms with van der Waals surface area (Å²) in [6.07, 6.45) is 0. The van der Waals surface area contributed by atoms with Crippen molar-refractivity contribution >= 4 is 45.9 Å². The van der Waals surface area contributed by atoms with E-state index in [4.69, 9.17) is 11.6 Å². The van der Waals surface area contributed by atoms with Crippen LogP contribution in [0, 0.1) is 0 Å². The van der Waals surface area contributed by atoms with Crippen LogP contribution in [0.3, 0.4) is 0 Å². The number of carbonyl (C=O) groups excluding carboxylic acids is 1. The van der Waals surface area contributed by atoms with Crippen LogP contribution in [0.1, 0.15) is 26.8 Å². The summed E-state index contributed by atoms with van der Waals surface area (Å²) in [5.41, 5.74) is 1.21. The highest BCUT2D eigenvalue weighted by Gasteiger charge is 2.20. The van der Waals surface area contributed by atoms with Gasteiger partial charge in [-0.1, -0.05) is 35.5 Å².